The number of carbonyl (C=O) groups is 1. The molecule has 1 aliphatic heterocycles. The highest BCUT2D eigenvalue weighted by Gasteiger charge is 2.18. The van der Waals surface area contributed by atoms with Crippen LogP contribution in [0.15, 0.2) is 12.4 Å². The molecule has 1 atom stereocenters. The third kappa shape index (κ3) is 3.26. The minimum absolute atomic E-state index is 0.126. The Bertz CT molecular complexity index is 413. The van der Waals surface area contributed by atoms with Gasteiger partial charge in [0.25, 0.3) is 0 Å². The van der Waals surface area contributed by atoms with Crippen molar-refractivity contribution in [1.82, 2.24) is 20.2 Å². The molecule has 1 amide bonds. The molecule has 0 aliphatic carbocycles. The average molecular weight is 248 g/mol. The summed E-state index contributed by atoms with van der Waals surface area (Å²) in [5, 5.41) is 3.41. The van der Waals surface area contributed by atoms with E-state index in [1.165, 1.54) is 6.42 Å². The van der Waals surface area contributed by atoms with Crippen LogP contribution in [0.3, 0.4) is 0 Å². The Kier molecular flexibility index (Phi) is 4.25. The monoisotopic (exact) mass is 248 g/mol. The minimum Gasteiger partial charge on any atom is -0.349 e. The SMILES string of the molecule is CN(C)C(=O)CCc1cncc(C2CCCN2)n1. The summed E-state index contributed by atoms with van der Waals surface area (Å²) in [7, 11) is 3.54. The molecule has 0 saturated carbocycles. The lowest BCUT2D eigenvalue weighted by Crippen LogP contribution is -2.22. The number of carbonyl (C=O) groups excluding carboxylic acids is 1. The van der Waals surface area contributed by atoms with Crippen LogP contribution in [0.2, 0.25) is 0 Å². The van der Waals surface area contributed by atoms with Gasteiger partial charge < -0.3 is 10.2 Å². The second-order valence-corrected chi connectivity index (χ2v) is 4.87. The molecule has 18 heavy (non-hydrogen) atoms. The van der Waals surface area contributed by atoms with E-state index in [-0.39, 0.29) is 5.91 Å². The lowest BCUT2D eigenvalue weighted by Gasteiger charge is -2.11. The molecule has 1 unspecified atom stereocenters. The Labute approximate surface area is 108 Å². The van der Waals surface area contributed by atoms with E-state index >= 15 is 0 Å². The van der Waals surface area contributed by atoms with Crippen LogP contribution in [-0.2, 0) is 11.2 Å². The Morgan fingerprint density at radius 3 is 3.00 bits per heavy atom. The normalized spacial score (nSPS) is 18.9. The maximum Gasteiger partial charge on any atom is 0.222 e. The summed E-state index contributed by atoms with van der Waals surface area (Å²) in [4.78, 5) is 21.9. The molecule has 5 nitrogen and oxygen atoms in total. The summed E-state index contributed by atoms with van der Waals surface area (Å²) >= 11 is 0. The minimum atomic E-state index is 0.126. The highest BCUT2D eigenvalue weighted by molar-refractivity contribution is 5.75. The second-order valence-electron chi connectivity index (χ2n) is 4.87. The smallest absolute Gasteiger partial charge is 0.222 e. The molecule has 5 heteroatoms. The fraction of sp³-hybridized carbons (Fsp3) is 0.615. The molecular weight excluding hydrogens is 228 g/mol. The molecule has 98 valence electrons. The van der Waals surface area contributed by atoms with Gasteiger partial charge in [-0.3, -0.25) is 14.8 Å². The molecular formula is C13H20N4O. The molecule has 2 heterocycles. The summed E-state index contributed by atoms with van der Waals surface area (Å²) in [5.41, 5.74) is 1.90. The van der Waals surface area contributed by atoms with E-state index in [0.29, 0.717) is 18.9 Å². The van der Waals surface area contributed by atoms with Gasteiger partial charge in [-0.1, -0.05) is 0 Å². The van der Waals surface area contributed by atoms with Crippen LogP contribution in [0.5, 0.6) is 0 Å². The third-order valence-electron chi connectivity index (χ3n) is 3.21. The van der Waals surface area contributed by atoms with E-state index in [4.69, 9.17) is 0 Å². The van der Waals surface area contributed by atoms with Gasteiger partial charge in [0, 0.05) is 32.9 Å². The summed E-state index contributed by atoms with van der Waals surface area (Å²) in [6, 6.07) is 0.335. The molecule has 1 aliphatic rings. The lowest BCUT2D eigenvalue weighted by molar-refractivity contribution is -0.128. The molecule has 1 N–H and O–H groups in total. The first-order valence-electron chi connectivity index (χ1n) is 6.41. The number of rotatable bonds is 4. The van der Waals surface area contributed by atoms with Crippen molar-refractivity contribution >= 4 is 5.91 Å². The first-order chi connectivity index (χ1) is 8.66. The van der Waals surface area contributed by atoms with Gasteiger partial charge in [0.05, 0.1) is 17.4 Å². The molecule has 0 spiro atoms. The van der Waals surface area contributed by atoms with Gasteiger partial charge in [-0.15, -0.1) is 0 Å². The molecule has 0 bridgehead atoms. The van der Waals surface area contributed by atoms with E-state index < -0.39 is 0 Å². The van der Waals surface area contributed by atoms with Crippen molar-refractivity contribution in [3.05, 3.63) is 23.8 Å². The van der Waals surface area contributed by atoms with Crippen molar-refractivity contribution in [2.45, 2.75) is 31.7 Å². The van der Waals surface area contributed by atoms with Crippen LogP contribution in [-0.4, -0.2) is 41.4 Å². The first kappa shape index (κ1) is 13.0. The van der Waals surface area contributed by atoms with Gasteiger partial charge >= 0.3 is 0 Å². The zero-order valence-corrected chi connectivity index (χ0v) is 11.0. The Morgan fingerprint density at radius 1 is 1.50 bits per heavy atom. The molecule has 1 aromatic heterocycles. The third-order valence-corrected chi connectivity index (χ3v) is 3.21. The predicted octanol–water partition coefficient (Wildman–Crippen LogP) is 0.922. The summed E-state index contributed by atoms with van der Waals surface area (Å²) < 4.78 is 0. The van der Waals surface area contributed by atoms with Crippen molar-refractivity contribution in [1.29, 1.82) is 0 Å². The fourth-order valence-corrected chi connectivity index (χ4v) is 2.11. The Balaban J connectivity index is 1.96. The van der Waals surface area contributed by atoms with Gasteiger partial charge in [0.15, 0.2) is 0 Å². The Hall–Kier alpha value is -1.49. The number of aryl methyl sites for hydroxylation is 1. The number of nitrogens with one attached hydrogen (secondary N) is 1. The molecule has 1 saturated heterocycles. The maximum atomic E-state index is 11.5. The van der Waals surface area contributed by atoms with E-state index in [1.54, 1.807) is 25.2 Å². The van der Waals surface area contributed by atoms with E-state index in [9.17, 15) is 4.79 Å². The fourth-order valence-electron chi connectivity index (χ4n) is 2.11. The topological polar surface area (TPSA) is 58.1 Å². The van der Waals surface area contributed by atoms with Crippen molar-refractivity contribution in [3.8, 4) is 0 Å². The number of nitrogens with zero attached hydrogens (tertiary/aromatic N) is 3. The number of amides is 1. The van der Waals surface area contributed by atoms with Gasteiger partial charge in [-0.2, -0.15) is 0 Å². The van der Waals surface area contributed by atoms with Crippen LogP contribution >= 0.6 is 0 Å². The van der Waals surface area contributed by atoms with Crippen molar-refractivity contribution < 1.29 is 4.79 Å². The standard InChI is InChI=1S/C13H20N4O/c1-17(2)13(18)6-5-10-8-14-9-12(16-10)11-4-3-7-15-11/h8-9,11,15H,3-7H2,1-2H3. The molecule has 0 aromatic carbocycles. The number of hydrogen-bond donors (Lipinski definition) is 1. The van der Waals surface area contributed by atoms with Crippen molar-refractivity contribution in [3.63, 3.8) is 0 Å². The van der Waals surface area contributed by atoms with Crippen LogP contribution < -0.4 is 5.32 Å². The first-order valence-corrected chi connectivity index (χ1v) is 6.41. The summed E-state index contributed by atoms with van der Waals surface area (Å²) in [6.07, 6.45) is 7.03. The quantitative estimate of drug-likeness (QED) is 0.861. The number of aromatic nitrogens is 2. The van der Waals surface area contributed by atoms with Crippen LogP contribution in [0.4, 0.5) is 0 Å². The number of hydrogen-bond acceptors (Lipinski definition) is 4. The average Bonchev–Trinajstić information content (AvgIpc) is 2.90. The van der Waals surface area contributed by atoms with Crippen molar-refractivity contribution in [2.75, 3.05) is 20.6 Å². The summed E-state index contributed by atoms with van der Waals surface area (Å²) in [5.74, 6) is 0.126. The maximum absolute atomic E-state index is 11.5. The van der Waals surface area contributed by atoms with Crippen molar-refractivity contribution in [2.24, 2.45) is 0 Å². The highest BCUT2D eigenvalue weighted by atomic mass is 16.2. The van der Waals surface area contributed by atoms with Gasteiger partial charge in [-0.05, 0) is 25.8 Å². The molecule has 2 rings (SSSR count). The Morgan fingerprint density at radius 2 is 2.33 bits per heavy atom. The van der Waals surface area contributed by atoms with Gasteiger partial charge in [0.1, 0.15) is 0 Å². The summed E-state index contributed by atoms with van der Waals surface area (Å²) in [6.45, 7) is 1.05. The van der Waals surface area contributed by atoms with Gasteiger partial charge in [0.2, 0.25) is 5.91 Å². The predicted molar refractivity (Wildman–Crippen MR) is 69.0 cm³/mol. The van der Waals surface area contributed by atoms with E-state index in [0.717, 1.165) is 24.4 Å². The molecule has 0 radical (unpaired) electrons. The zero-order chi connectivity index (χ0) is 13.0. The van der Waals surface area contributed by atoms with E-state index in [1.807, 2.05) is 6.20 Å². The van der Waals surface area contributed by atoms with E-state index in [2.05, 4.69) is 15.3 Å². The second kappa shape index (κ2) is 5.91. The highest BCUT2D eigenvalue weighted by Crippen LogP contribution is 2.20. The lowest BCUT2D eigenvalue weighted by atomic mass is 10.1. The van der Waals surface area contributed by atoms with Crippen LogP contribution in [0.25, 0.3) is 0 Å². The van der Waals surface area contributed by atoms with Crippen LogP contribution in [0, 0.1) is 0 Å². The van der Waals surface area contributed by atoms with Gasteiger partial charge in [-0.25, -0.2) is 0 Å². The van der Waals surface area contributed by atoms with Crippen LogP contribution in [0.1, 0.15) is 36.7 Å². The molecule has 1 fully saturated rings. The molecule has 1 aromatic rings. The largest absolute Gasteiger partial charge is 0.349 e. The zero-order valence-electron chi connectivity index (χ0n) is 11.0.